The molecule has 0 spiro atoms. The van der Waals surface area contributed by atoms with Gasteiger partial charge in [-0.15, -0.1) is 5.10 Å². The highest BCUT2D eigenvalue weighted by molar-refractivity contribution is 5.49. The molecule has 0 aliphatic rings. The van der Waals surface area contributed by atoms with Crippen LogP contribution in [0.25, 0.3) is 5.69 Å². The minimum Gasteiger partial charge on any atom is -0.494 e. The maximum absolute atomic E-state index is 5.85. The molecule has 118 valence electrons. The smallest absolute Gasteiger partial charge is 0.144 e. The second kappa shape index (κ2) is 6.62. The Bertz CT molecular complexity index is 796. The van der Waals surface area contributed by atoms with Gasteiger partial charge in [-0.3, -0.25) is 0 Å². The average molecular weight is 308 g/mol. The van der Waals surface area contributed by atoms with Gasteiger partial charge in [-0.05, 0) is 30.2 Å². The van der Waals surface area contributed by atoms with Gasteiger partial charge in [0.15, 0.2) is 0 Å². The van der Waals surface area contributed by atoms with E-state index in [9.17, 15) is 0 Å². The van der Waals surface area contributed by atoms with Crippen molar-refractivity contribution in [2.75, 3.05) is 7.11 Å². The molecule has 0 atom stereocenters. The second-order valence-electron chi connectivity index (χ2n) is 5.44. The fourth-order valence-corrected chi connectivity index (χ4v) is 2.62. The van der Waals surface area contributed by atoms with Crippen LogP contribution in [0.3, 0.4) is 0 Å². The lowest BCUT2D eigenvalue weighted by Crippen LogP contribution is -2.08. The molecule has 0 saturated carbocycles. The molecule has 5 heteroatoms. The van der Waals surface area contributed by atoms with Gasteiger partial charge in [0, 0.05) is 13.0 Å². The molecule has 0 amide bonds. The first-order valence-corrected chi connectivity index (χ1v) is 7.55. The number of benzene rings is 2. The van der Waals surface area contributed by atoms with E-state index >= 15 is 0 Å². The first-order valence-electron chi connectivity index (χ1n) is 7.55. The Kier molecular flexibility index (Phi) is 4.39. The fraction of sp³-hybridized carbons (Fsp3) is 0.222. The Morgan fingerprint density at radius 3 is 2.61 bits per heavy atom. The average Bonchev–Trinajstić information content (AvgIpc) is 2.98. The molecule has 3 aromatic rings. The van der Waals surface area contributed by atoms with Crippen LogP contribution in [0.5, 0.6) is 5.75 Å². The van der Waals surface area contributed by atoms with E-state index in [4.69, 9.17) is 10.5 Å². The third kappa shape index (κ3) is 3.10. The van der Waals surface area contributed by atoms with Gasteiger partial charge < -0.3 is 10.5 Å². The highest BCUT2D eigenvalue weighted by Gasteiger charge is 2.16. The minimum atomic E-state index is 0.357. The summed E-state index contributed by atoms with van der Waals surface area (Å²) in [6.45, 7) is 2.40. The molecule has 1 heterocycles. The number of ether oxygens (including phenoxy) is 1. The van der Waals surface area contributed by atoms with Crippen LogP contribution in [0.2, 0.25) is 0 Å². The first-order chi connectivity index (χ1) is 11.2. The zero-order valence-corrected chi connectivity index (χ0v) is 13.4. The van der Waals surface area contributed by atoms with Crippen LogP contribution in [0.1, 0.15) is 22.5 Å². The Labute approximate surface area is 135 Å². The van der Waals surface area contributed by atoms with Crippen molar-refractivity contribution in [1.82, 2.24) is 15.0 Å². The molecule has 2 aromatic carbocycles. The van der Waals surface area contributed by atoms with E-state index in [0.717, 1.165) is 34.8 Å². The normalized spacial score (nSPS) is 10.7. The number of aryl methyl sites for hydroxylation is 1. The summed E-state index contributed by atoms with van der Waals surface area (Å²) in [5, 5.41) is 8.55. The van der Waals surface area contributed by atoms with Crippen LogP contribution in [-0.4, -0.2) is 22.1 Å². The number of aromatic nitrogens is 3. The van der Waals surface area contributed by atoms with Crippen LogP contribution in [0.15, 0.2) is 48.5 Å². The van der Waals surface area contributed by atoms with Crippen molar-refractivity contribution in [2.24, 2.45) is 5.73 Å². The third-order valence-electron chi connectivity index (χ3n) is 3.81. The van der Waals surface area contributed by atoms with E-state index in [-0.39, 0.29) is 0 Å². The van der Waals surface area contributed by atoms with Gasteiger partial charge in [0.25, 0.3) is 0 Å². The number of hydrogen-bond acceptors (Lipinski definition) is 4. The van der Waals surface area contributed by atoms with Crippen LogP contribution in [0, 0.1) is 6.92 Å². The molecule has 5 nitrogen and oxygen atoms in total. The van der Waals surface area contributed by atoms with Gasteiger partial charge in [-0.1, -0.05) is 41.6 Å². The summed E-state index contributed by atoms with van der Waals surface area (Å²) in [6, 6.07) is 16.2. The first kappa shape index (κ1) is 15.2. The largest absolute Gasteiger partial charge is 0.494 e. The summed E-state index contributed by atoms with van der Waals surface area (Å²) in [5.41, 5.74) is 10.8. The molecule has 0 aliphatic heterocycles. The molecule has 0 bridgehead atoms. The van der Waals surface area contributed by atoms with Gasteiger partial charge in [0.2, 0.25) is 0 Å². The summed E-state index contributed by atoms with van der Waals surface area (Å²) < 4.78 is 7.32. The number of methoxy groups -OCH3 is 1. The van der Waals surface area contributed by atoms with Gasteiger partial charge in [-0.2, -0.15) is 0 Å². The van der Waals surface area contributed by atoms with Crippen molar-refractivity contribution in [1.29, 1.82) is 0 Å². The molecular weight excluding hydrogens is 288 g/mol. The Morgan fingerprint density at radius 1 is 1.13 bits per heavy atom. The van der Waals surface area contributed by atoms with Crippen molar-refractivity contribution in [3.8, 4) is 11.4 Å². The molecular formula is C18H20N4O. The van der Waals surface area contributed by atoms with E-state index < -0.39 is 0 Å². The van der Waals surface area contributed by atoms with Crippen LogP contribution in [-0.2, 0) is 13.0 Å². The lowest BCUT2D eigenvalue weighted by Gasteiger charge is -2.12. The number of hydrogen-bond donors (Lipinski definition) is 1. The monoisotopic (exact) mass is 308 g/mol. The molecule has 0 aliphatic carbocycles. The quantitative estimate of drug-likeness (QED) is 0.787. The minimum absolute atomic E-state index is 0.357. The second-order valence-corrected chi connectivity index (χ2v) is 5.44. The van der Waals surface area contributed by atoms with E-state index in [1.807, 2.05) is 48.0 Å². The van der Waals surface area contributed by atoms with Crippen molar-refractivity contribution >= 4 is 0 Å². The maximum atomic E-state index is 5.85. The van der Waals surface area contributed by atoms with Crippen LogP contribution >= 0.6 is 0 Å². The van der Waals surface area contributed by atoms with Crippen molar-refractivity contribution in [3.63, 3.8) is 0 Å². The van der Waals surface area contributed by atoms with Gasteiger partial charge in [0.05, 0.1) is 12.8 Å². The molecule has 2 N–H and O–H groups in total. The highest BCUT2D eigenvalue weighted by Crippen LogP contribution is 2.26. The summed E-state index contributed by atoms with van der Waals surface area (Å²) in [6.07, 6.45) is 0.720. The predicted molar refractivity (Wildman–Crippen MR) is 89.8 cm³/mol. The number of nitrogens with zero attached hydrogens (tertiary/aromatic N) is 3. The SMILES string of the molecule is COc1ccc(C)cc1-n1nnc(CN)c1Cc1ccccc1. The lowest BCUT2D eigenvalue weighted by molar-refractivity contribution is 0.411. The van der Waals surface area contributed by atoms with Crippen molar-refractivity contribution in [2.45, 2.75) is 19.9 Å². The molecule has 0 unspecified atom stereocenters. The maximum Gasteiger partial charge on any atom is 0.144 e. The molecule has 1 aromatic heterocycles. The van der Waals surface area contributed by atoms with Crippen LogP contribution in [0.4, 0.5) is 0 Å². The Hall–Kier alpha value is -2.66. The summed E-state index contributed by atoms with van der Waals surface area (Å²) in [5.74, 6) is 0.762. The standard InChI is InChI=1S/C18H20N4O/c1-13-8-9-18(23-2)17(10-13)22-16(15(12-19)20-21-22)11-14-6-4-3-5-7-14/h3-10H,11-12,19H2,1-2H3. The fourth-order valence-electron chi connectivity index (χ4n) is 2.62. The molecule has 23 heavy (non-hydrogen) atoms. The number of rotatable bonds is 5. The topological polar surface area (TPSA) is 66.0 Å². The molecule has 3 rings (SSSR count). The number of nitrogens with two attached hydrogens (primary N) is 1. The molecule has 0 saturated heterocycles. The zero-order chi connectivity index (χ0) is 16.2. The highest BCUT2D eigenvalue weighted by atomic mass is 16.5. The molecule has 0 radical (unpaired) electrons. The van der Waals surface area contributed by atoms with Crippen molar-refractivity contribution < 1.29 is 4.74 Å². The third-order valence-corrected chi connectivity index (χ3v) is 3.81. The van der Waals surface area contributed by atoms with E-state index in [2.05, 4.69) is 22.4 Å². The van der Waals surface area contributed by atoms with Gasteiger partial charge >= 0.3 is 0 Å². The Balaban J connectivity index is 2.10. The van der Waals surface area contributed by atoms with Crippen LogP contribution < -0.4 is 10.5 Å². The van der Waals surface area contributed by atoms with Gasteiger partial charge in [0.1, 0.15) is 17.1 Å². The zero-order valence-electron chi connectivity index (χ0n) is 13.4. The lowest BCUT2D eigenvalue weighted by atomic mass is 10.1. The Morgan fingerprint density at radius 2 is 1.91 bits per heavy atom. The summed E-state index contributed by atoms with van der Waals surface area (Å²) in [4.78, 5) is 0. The van der Waals surface area contributed by atoms with Crippen molar-refractivity contribution in [3.05, 3.63) is 71.0 Å². The van der Waals surface area contributed by atoms with E-state index in [0.29, 0.717) is 6.54 Å². The molecule has 0 fully saturated rings. The predicted octanol–water partition coefficient (Wildman–Crippen LogP) is 2.63. The summed E-state index contributed by atoms with van der Waals surface area (Å²) >= 11 is 0. The van der Waals surface area contributed by atoms with E-state index in [1.165, 1.54) is 5.56 Å². The summed E-state index contributed by atoms with van der Waals surface area (Å²) in [7, 11) is 1.66. The van der Waals surface area contributed by atoms with Gasteiger partial charge in [-0.25, -0.2) is 4.68 Å². The van der Waals surface area contributed by atoms with E-state index in [1.54, 1.807) is 7.11 Å².